The van der Waals surface area contributed by atoms with E-state index in [0.717, 1.165) is 18.5 Å². The molecule has 3 N–H and O–H groups in total. The topological polar surface area (TPSA) is 55.1 Å². The molecule has 1 atom stereocenters. The number of fused-ring (bicyclic) bond motifs is 1. The van der Waals surface area contributed by atoms with Gasteiger partial charge in [0.15, 0.2) is 0 Å². The van der Waals surface area contributed by atoms with Crippen LogP contribution in [0.2, 0.25) is 0 Å². The minimum atomic E-state index is -0.494. The van der Waals surface area contributed by atoms with Gasteiger partial charge in [0.25, 0.3) is 0 Å². The molecular weight excluding hydrogens is 236 g/mol. The number of hydrogen-bond acceptors (Lipinski definition) is 2. The van der Waals surface area contributed by atoms with Crippen LogP contribution in [0.4, 0.5) is 5.69 Å². The average Bonchev–Trinajstić information content (AvgIpc) is 2.37. The van der Waals surface area contributed by atoms with Crippen molar-refractivity contribution in [1.29, 1.82) is 0 Å². The summed E-state index contributed by atoms with van der Waals surface area (Å²) in [5.41, 5.74) is 9.39. The minimum absolute atomic E-state index is 0.0912. The summed E-state index contributed by atoms with van der Waals surface area (Å²) in [6.45, 7) is 5.95. The maximum Gasteiger partial charge on any atom is 0.241 e. The molecule has 19 heavy (non-hydrogen) atoms. The maximum atomic E-state index is 12.2. The van der Waals surface area contributed by atoms with Crippen molar-refractivity contribution in [2.45, 2.75) is 52.5 Å². The van der Waals surface area contributed by atoms with Crippen LogP contribution in [0, 0.1) is 5.41 Å². The number of benzene rings is 1. The molecule has 0 aromatic heterocycles. The highest BCUT2D eigenvalue weighted by Gasteiger charge is 2.28. The zero-order chi connectivity index (χ0) is 14.0. The van der Waals surface area contributed by atoms with E-state index in [-0.39, 0.29) is 11.3 Å². The Balaban J connectivity index is 2.18. The monoisotopic (exact) mass is 260 g/mol. The van der Waals surface area contributed by atoms with Gasteiger partial charge in [-0.05, 0) is 48.3 Å². The van der Waals surface area contributed by atoms with Crippen LogP contribution >= 0.6 is 0 Å². The third-order valence-corrected chi connectivity index (χ3v) is 3.87. The lowest BCUT2D eigenvalue weighted by Crippen LogP contribution is -2.45. The molecule has 1 aliphatic carbocycles. The van der Waals surface area contributed by atoms with Crippen molar-refractivity contribution in [3.8, 4) is 0 Å². The lowest BCUT2D eigenvalue weighted by Gasteiger charge is -2.27. The summed E-state index contributed by atoms with van der Waals surface area (Å²) in [6, 6.07) is 5.67. The van der Waals surface area contributed by atoms with Gasteiger partial charge in [0, 0.05) is 5.69 Å². The highest BCUT2D eigenvalue weighted by Crippen LogP contribution is 2.28. The molecule has 0 saturated carbocycles. The minimum Gasteiger partial charge on any atom is -0.324 e. The first-order chi connectivity index (χ1) is 8.89. The van der Waals surface area contributed by atoms with Gasteiger partial charge in [0.2, 0.25) is 5.91 Å². The van der Waals surface area contributed by atoms with Crippen molar-refractivity contribution in [2.24, 2.45) is 11.1 Å². The molecule has 1 aromatic rings. The van der Waals surface area contributed by atoms with Gasteiger partial charge in [0.05, 0.1) is 6.04 Å². The summed E-state index contributed by atoms with van der Waals surface area (Å²) in [5.74, 6) is -0.0912. The first-order valence-corrected chi connectivity index (χ1v) is 7.07. The summed E-state index contributed by atoms with van der Waals surface area (Å²) >= 11 is 0. The second kappa shape index (κ2) is 5.33. The quantitative estimate of drug-likeness (QED) is 0.859. The van der Waals surface area contributed by atoms with E-state index in [1.807, 2.05) is 32.9 Å². The lowest BCUT2D eigenvalue weighted by molar-refractivity contribution is -0.119. The zero-order valence-electron chi connectivity index (χ0n) is 12.1. The van der Waals surface area contributed by atoms with E-state index in [4.69, 9.17) is 5.73 Å². The summed E-state index contributed by atoms with van der Waals surface area (Å²) in [5, 5.41) is 3.01. The number of nitrogens with two attached hydrogens (primary N) is 1. The van der Waals surface area contributed by atoms with Gasteiger partial charge in [-0.25, -0.2) is 0 Å². The van der Waals surface area contributed by atoms with Crippen molar-refractivity contribution in [3.63, 3.8) is 0 Å². The van der Waals surface area contributed by atoms with Crippen molar-refractivity contribution >= 4 is 11.6 Å². The number of amides is 1. The van der Waals surface area contributed by atoms with E-state index in [0.29, 0.717) is 0 Å². The molecule has 3 heteroatoms. The van der Waals surface area contributed by atoms with E-state index in [1.54, 1.807) is 0 Å². The normalized spacial score (nSPS) is 16.6. The number of carbonyl (C=O) groups is 1. The van der Waals surface area contributed by atoms with Crippen LogP contribution in [0.1, 0.15) is 44.7 Å². The van der Waals surface area contributed by atoms with Crippen LogP contribution in [0.5, 0.6) is 0 Å². The highest BCUT2D eigenvalue weighted by atomic mass is 16.2. The van der Waals surface area contributed by atoms with E-state index in [9.17, 15) is 4.79 Å². The second-order valence-corrected chi connectivity index (χ2v) is 6.48. The number of anilines is 1. The molecule has 3 nitrogen and oxygen atoms in total. The van der Waals surface area contributed by atoms with Crippen LogP contribution in [-0.2, 0) is 17.6 Å². The third-order valence-electron chi connectivity index (χ3n) is 3.87. The molecule has 0 heterocycles. The standard InChI is InChI=1S/C16H24N2O/c1-16(2,3)14(17)15(19)18-13-10-6-8-11-7-4-5-9-12(11)13/h6,8,10,14H,4-5,7,9,17H2,1-3H3,(H,18,19)/t14-/m0/s1. The molecule has 0 radical (unpaired) electrons. The molecule has 0 saturated heterocycles. The smallest absolute Gasteiger partial charge is 0.241 e. The number of carbonyl (C=O) groups excluding carboxylic acids is 1. The Morgan fingerprint density at radius 3 is 2.63 bits per heavy atom. The van der Waals surface area contributed by atoms with Gasteiger partial charge in [-0.2, -0.15) is 0 Å². The van der Waals surface area contributed by atoms with Crippen LogP contribution in [0.25, 0.3) is 0 Å². The summed E-state index contributed by atoms with van der Waals surface area (Å²) in [6.07, 6.45) is 4.61. The van der Waals surface area contributed by atoms with Crippen LogP contribution < -0.4 is 11.1 Å². The molecule has 0 aliphatic heterocycles. The van der Waals surface area contributed by atoms with E-state index >= 15 is 0 Å². The Bertz CT molecular complexity index is 474. The van der Waals surface area contributed by atoms with Crippen LogP contribution in [-0.4, -0.2) is 11.9 Å². The Morgan fingerprint density at radius 2 is 1.95 bits per heavy atom. The van der Waals surface area contributed by atoms with Gasteiger partial charge in [-0.15, -0.1) is 0 Å². The van der Waals surface area contributed by atoms with Crippen molar-refractivity contribution in [3.05, 3.63) is 29.3 Å². The van der Waals surface area contributed by atoms with E-state index in [2.05, 4.69) is 11.4 Å². The number of nitrogens with one attached hydrogen (secondary N) is 1. The molecule has 1 amide bonds. The van der Waals surface area contributed by atoms with Crippen molar-refractivity contribution in [1.82, 2.24) is 0 Å². The Kier molecular flexibility index (Phi) is 3.95. The van der Waals surface area contributed by atoms with Crippen molar-refractivity contribution < 1.29 is 4.79 Å². The fraction of sp³-hybridized carbons (Fsp3) is 0.562. The Morgan fingerprint density at radius 1 is 1.26 bits per heavy atom. The molecule has 2 rings (SSSR count). The molecule has 1 aromatic carbocycles. The maximum absolute atomic E-state index is 12.2. The molecule has 1 aliphatic rings. The number of hydrogen-bond donors (Lipinski definition) is 2. The zero-order valence-corrected chi connectivity index (χ0v) is 12.1. The number of rotatable bonds is 2. The predicted octanol–water partition coefficient (Wildman–Crippen LogP) is 2.88. The largest absolute Gasteiger partial charge is 0.324 e. The first kappa shape index (κ1) is 14.1. The molecule has 0 spiro atoms. The molecule has 104 valence electrons. The summed E-state index contributed by atoms with van der Waals surface area (Å²) in [4.78, 5) is 12.2. The SMILES string of the molecule is CC(C)(C)[C@@H](N)C(=O)Nc1cccc2c1CCCC2. The Hall–Kier alpha value is -1.35. The fourth-order valence-electron chi connectivity index (χ4n) is 2.50. The lowest BCUT2D eigenvalue weighted by atomic mass is 9.86. The van der Waals surface area contributed by atoms with E-state index < -0.39 is 6.04 Å². The highest BCUT2D eigenvalue weighted by molar-refractivity contribution is 5.96. The van der Waals surface area contributed by atoms with Crippen molar-refractivity contribution in [2.75, 3.05) is 5.32 Å². The van der Waals surface area contributed by atoms with Gasteiger partial charge < -0.3 is 11.1 Å². The van der Waals surface area contributed by atoms with Gasteiger partial charge >= 0.3 is 0 Å². The van der Waals surface area contributed by atoms with Crippen LogP contribution in [0.3, 0.4) is 0 Å². The Labute approximate surface area is 115 Å². The van der Waals surface area contributed by atoms with E-state index in [1.165, 1.54) is 24.0 Å². The predicted molar refractivity (Wildman–Crippen MR) is 79.1 cm³/mol. The first-order valence-electron chi connectivity index (χ1n) is 7.07. The van der Waals surface area contributed by atoms with Gasteiger partial charge in [0.1, 0.15) is 0 Å². The third kappa shape index (κ3) is 3.16. The van der Waals surface area contributed by atoms with Crippen LogP contribution in [0.15, 0.2) is 18.2 Å². The number of aryl methyl sites for hydroxylation is 1. The molecule has 0 bridgehead atoms. The molecule has 0 unspecified atom stereocenters. The molecule has 0 fully saturated rings. The summed E-state index contributed by atoms with van der Waals surface area (Å²) in [7, 11) is 0. The van der Waals surface area contributed by atoms with Gasteiger partial charge in [-0.1, -0.05) is 32.9 Å². The van der Waals surface area contributed by atoms with Gasteiger partial charge in [-0.3, -0.25) is 4.79 Å². The summed E-state index contributed by atoms with van der Waals surface area (Å²) < 4.78 is 0. The fourth-order valence-corrected chi connectivity index (χ4v) is 2.50. The molecular formula is C16H24N2O. The second-order valence-electron chi connectivity index (χ2n) is 6.48. The average molecular weight is 260 g/mol.